The van der Waals surface area contributed by atoms with Gasteiger partial charge in [0.15, 0.2) is 5.16 Å². The van der Waals surface area contributed by atoms with Crippen LogP contribution >= 0.6 is 23.4 Å². The number of hydrogen-bond acceptors (Lipinski definition) is 5. The molecule has 0 fully saturated rings. The average molecular weight is 564 g/mol. The van der Waals surface area contributed by atoms with E-state index >= 15 is 0 Å². The topological polar surface area (TPSA) is 87.2 Å². The van der Waals surface area contributed by atoms with Gasteiger partial charge in [0.2, 0.25) is 10.0 Å². The van der Waals surface area contributed by atoms with Gasteiger partial charge in [0.05, 0.1) is 24.0 Å². The van der Waals surface area contributed by atoms with Crippen molar-refractivity contribution in [1.29, 1.82) is 0 Å². The van der Waals surface area contributed by atoms with Gasteiger partial charge in [-0.05, 0) is 59.7 Å². The summed E-state index contributed by atoms with van der Waals surface area (Å²) in [5.74, 6) is -0.438. The van der Waals surface area contributed by atoms with Crippen molar-refractivity contribution >= 4 is 33.4 Å². The zero-order valence-electron chi connectivity index (χ0n) is 20.2. The molecule has 6 nitrogen and oxygen atoms in total. The summed E-state index contributed by atoms with van der Waals surface area (Å²) < 4.78 is 58.4. The van der Waals surface area contributed by atoms with Gasteiger partial charge in [0.1, 0.15) is 22.3 Å². The van der Waals surface area contributed by atoms with Crippen LogP contribution in [0.4, 0.5) is 8.78 Å². The summed E-state index contributed by atoms with van der Waals surface area (Å²) in [5, 5.41) is 6.19. The second-order valence-electron chi connectivity index (χ2n) is 8.81. The molecule has 1 aromatic heterocycles. The number of nitrogens with two attached hydrogens (primary N) is 1. The number of halogens is 3. The Hall–Kier alpha value is -2.92. The maximum atomic E-state index is 14.0. The van der Waals surface area contributed by atoms with E-state index in [-0.39, 0.29) is 11.6 Å². The van der Waals surface area contributed by atoms with E-state index in [1.54, 1.807) is 31.5 Å². The molecule has 4 rings (SSSR count). The smallest absolute Gasteiger partial charge is 0.240 e. The van der Waals surface area contributed by atoms with Gasteiger partial charge in [-0.2, -0.15) is 0 Å². The predicted octanol–water partition coefficient (Wildman–Crippen LogP) is 6.08. The van der Waals surface area contributed by atoms with Crippen molar-refractivity contribution in [3.8, 4) is 11.4 Å². The van der Waals surface area contributed by atoms with E-state index in [2.05, 4.69) is 4.98 Å². The highest BCUT2D eigenvalue weighted by atomic mass is 35.5. The number of nitrogens with zero attached hydrogens (tertiary/aromatic N) is 2. The van der Waals surface area contributed by atoms with Crippen LogP contribution in [0.2, 0.25) is 5.02 Å². The van der Waals surface area contributed by atoms with Crippen LogP contribution in [-0.4, -0.2) is 25.1 Å². The summed E-state index contributed by atoms with van der Waals surface area (Å²) in [7, 11) is -2.66. The molecule has 194 valence electrons. The number of ether oxygens (including phenoxy) is 1. The second kappa shape index (κ2) is 10.4. The van der Waals surface area contributed by atoms with Crippen molar-refractivity contribution in [2.24, 2.45) is 5.14 Å². The lowest BCUT2D eigenvalue weighted by atomic mass is 9.81. The molecule has 0 aliphatic heterocycles. The van der Waals surface area contributed by atoms with E-state index in [1.807, 2.05) is 30.5 Å². The number of sulfonamides is 1. The maximum Gasteiger partial charge on any atom is 0.240 e. The number of primary sulfonamides is 1. The SMILES string of the molecule is COc1ccc(C(C)(C)c2cnc(SCc3ccc(F)c(S(N)(=O)=O)c3)n2-c2ccc(F)cc2)cc1Cl. The second-order valence-corrected chi connectivity index (χ2v) is 11.7. The lowest BCUT2D eigenvalue weighted by Crippen LogP contribution is -2.23. The zero-order chi connectivity index (χ0) is 27.0. The number of rotatable bonds is 8. The van der Waals surface area contributed by atoms with Gasteiger partial charge in [-0.15, -0.1) is 0 Å². The Balaban J connectivity index is 1.76. The molecule has 0 saturated heterocycles. The number of benzene rings is 3. The molecule has 0 aliphatic carbocycles. The van der Waals surface area contributed by atoms with Gasteiger partial charge in [0, 0.05) is 16.9 Å². The molecule has 37 heavy (non-hydrogen) atoms. The molecule has 0 aliphatic rings. The molecular weight excluding hydrogens is 540 g/mol. The van der Waals surface area contributed by atoms with E-state index in [0.717, 1.165) is 17.3 Å². The minimum absolute atomic E-state index is 0.287. The third-order valence-electron chi connectivity index (χ3n) is 6.00. The monoisotopic (exact) mass is 563 g/mol. The molecule has 0 unspecified atom stereocenters. The highest BCUT2D eigenvalue weighted by molar-refractivity contribution is 7.98. The summed E-state index contributed by atoms with van der Waals surface area (Å²) in [6.07, 6.45) is 1.74. The number of methoxy groups -OCH3 is 1. The van der Waals surface area contributed by atoms with Crippen molar-refractivity contribution in [1.82, 2.24) is 9.55 Å². The first-order valence-corrected chi connectivity index (χ1v) is 13.9. The van der Waals surface area contributed by atoms with E-state index < -0.39 is 26.2 Å². The molecule has 0 radical (unpaired) electrons. The van der Waals surface area contributed by atoms with E-state index in [1.165, 1.54) is 36.0 Å². The Morgan fingerprint density at radius 3 is 2.41 bits per heavy atom. The molecule has 0 spiro atoms. The molecular formula is C26H24ClF2N3O3S2. The minimum Gasteiger partial charge on any atom is -0.495 e. The van der Waals surface area contributed by atoms with Crippen molar-refractivity contribution in [2.45, 2.75) is 35.1 Å². The van der Waals surface area contributed by atoms with Crippen molar-refractivity contribution in [2.75, 3.05) is 7.11 Å². The normalized spacial score (nSPS) is 12.1. The summed E-state index contributed by atoms with van der Waals surface area (Å²) in [5.41, 5.74) is 2.38. The fourth-order valence-electron chi connectivity index (χ4n) is 3.92. The van der Waals surface area contributed by atoms with Crippen molar-refractivity contribution in [3.05, 3.63) is 100 Å². The zero-order valence-corrected chi connectivity index (χ0v) is 22.6. The van der Waals surface area contributed by atoms with Crippen LogP contribution in [-0.2, 0) is 21.2 Å². The van der Waals surface area contributed by atoms with Gasteiger partial charge in [0.25, 0.3) is 0 Å². The highest BCUT2D eigenvalue weighted by Gasteiger charge is 2.30. The molecule has 11 heteroatoms. The van der Waals surface area contributed by atoms with Crippen molar-refractivity contribution < 1.29 is 21.9 Å². The van der Waals surface area contributed by atoms with Gasteiger partial charge in [-0.3, -0.25) is 4.57 Å². The van der Waals surface area contributed by atoms with E-state index in [9.17, 15) is 17.2 Å². The molecule has 3 aromatic carbocycles. The summed E-state index contributed by atoms with van der Waals surface area (Å²) in [4.78, 5) is 4.06. The standard InChI is InChI=1S/C26H24ClF2N3O3S2/c1-26(2,17-5-11-22(35-3)20(27)13-17)24-14-31-25(32(24)19-8-6-18(28)7-9-19)36-15-16-4-10-21(29)23(12-16)37(30,33)34/h4-14H,15H2,1-3H3,(H2,30,33,34). The summed E-state index contributed by atoms with van der Waals surface area (Å²) in [6, 6.07) is 15.4. The fraction of sp³-hybridized carbons (Fsp3) is 0.192. The molecule has 2 N–H and O–H groups in total. The first-order valence-electron chi connectivity index (χ1n) is 11.0. The lowest BCUT2D eigenvalue weighted by molar-refractivity contribution is 0.414. The summed E-state index contributed by atoms with van der Waals surface area (Å²) in [6.45, 7) is 4.05. The summed E-state index contributed by atoms with van der Waals surface area (Å²) >= 11 is 7.72. The third-order valence-corrected chi connectivity index (χ3v) is 8.24. The molecule has 1 heterocycles. The van der Waals surface area contributed by atoms with Gasteiger partial charge >= 0.3 is 0 Å². The molecule has 4 aromatic rings. The fourth-order valence-corrected chi connectivity index (χ4v) is 5.77. The molecule has 0 amide bonds. The first kappa shape index (κ1) is 27.1. The van der Waals surface area contributed by atoms with Crippen LogP contribution in [0.1, 0.15) is 30.7 Å². The largest absolute Gasteiger partial charge is 0.495 e. The van der Waals surface area contributed by atoms with Crippen LogP contribution in [0.25, 0.3) is 5.69 Å². The molecule has 0 saturated carbocycles. The number of aromatic nitrogens is 2. The van der Waals surface area contributed by atoms with Crippen LogP contribution in [0.5, 0.6) is 5.75 Å². The Kier molecular flexibility index (Phi) is 7.66. The average Bonchev–Trinajstić information content (AvgIpc) is 3.28. The molecule has 0 atom stereocenters. The van der Waals surface area contributed by atoms with Gasteiger partial charge in [-0.25, -0.2) is 27.3 Å². The lowest BCUT2D eigenvalue weighted by Gasteiger charge is -2.28. The Bertz CT molecular complexity index is 1560. The van der Waals surface area contributed by atoms with Crippen LogP contribution in [0, 0.1) is 11.6 Å². The highest BCUT2D eigenvalue weighted by Crippen LogP contribution is 2.39. The quantitative estimate of drug-likeness (QED) is 0.263. The minimum atomic E-state index is -4.21. The number of hydrogen-bond donors (Lipinski definition) is 1. The molecule has 0 bridgehead atoms. The van der Waals surface area contributed by atoms with Gasteiger partial charge < -0.3 is 4.74 Å². The Morgan fingerprint density at radius 2 is 1.78 bits per heavy atom. The Morgan fingerprint density at radius 1 is 1.08 bits per heavy atom. The van der Waals surface area contributed by atoms with Crippen LogP contribution in [0.3, 0.4) is 0 Å². The van der Waals surface area contributed by atoms with Gasteiger partial charge in [-0.1, -0.05) is 49.3 Å². The third kappa shape index (κ3) is 5.67. The predicted molar refractivity (Wildman–Crippen MR) is 141 cm³/mol. The maximum absolute atomic E-state index is 14.0. The van der Waals surface area contributed by atoms with E-state index in [4.69, 9.17) is 21.5 Å². The number of imidazole rings is 1. The number of thioether (sulfide) groups is 1. The first-order chi connectivity index (χ1) is 17.4. The van der Waals surface area contributed by atoms with Crippen molar-refractivity contribution in [3.63, 3.8) is 0 Å². The van der Waals surface area contributed by atoms with E-state index in [0.29, 0.717) is 27.2 Å². The Labute approximate surface area is 223 Å². The van der Waals surface area contributed by atoms with Crippen LogP contribution < -0.4 is 9.88 Å². The van der Waals surface area contributed by atoms with Crippen LogP contribution in [0.15, 0.2) is 76.9 Å².